The van der Waals surface area contributed by atoms with Crippen LogP contribution < -0.4 is 0 Å². The number of carbonyl (C=O) groups is 2. The number of rotatable bonds is 4. The zero-order chi connectivity index (χ0) is 15.5. The van der Waals surface area contributed by atoms with Gasteiger partial charge in [-0.3, -0.25) is 9.59 Å². The second-order valence-corrected chi connectivity index (χ2v) is 11.2. The highest BCUT2D eigenvalue weighted by molar-refractivity contribution is 7.23. The average Bonchev–Trinajstić information content (AvgIpc) is 2.14. The maximum atomic E-state index is 12.4. The SMILES string of the molecule is CC[Si](CC)(C(=O)OC(C)(C)C)C(=O)OC(C)(C)C. The van der Waals surface area contributed by atoms with Gasteiger partial charge < -0.3 is 9.47 Å². The van der Waals surface area contributed by atoms with Crippen LogP contribution in [0.1, 0.15) is 55.4 Å². The molecule has 112 valence electrons. The van der Waals surface area contributed by atoms with Crippen LogP contribution in [0.3, 0.4) is 0 Å². The molecule has 0 bridgehead atoms. The van der Waals surface area contributed by atoms with Gasteiger partial charge in [-0.05, 0) is 53.6 Å². The standard InChI is InChI=1S/C14H28O4Si/c1-9-19(10-2,11(15)17-13(3,4)5)12(16)18-14(6,7)8/h9-10H2,1-8H3. The van der Waals surface area contributed by atoms with Gasteiger partial charge in [-0.25, -0.2) is 0 Å². The van der Waals surface area contributed by atoms with E-state index in [9.17, 15) is 9.59 Å². The first-order chi connectivity index (χ1) is 8.38. The fraction of sp³-hybridized carbons (Fsp3) is 0.857. The van der Waals surface area contributed by atoms with Crippen LogP contribution in [0.25, 0.3) is 0 Å². The summed E-state index contributed by atoms with van der Waals surface area (Å²) in [4.78, 5) is 24.8. The molecule has 0 radical (unpaired) electrons. The zero-order valence-electron chi connectivity index (χ0n) is 13.5. The van der Waals surface area contributed by atoms with E-state index in [1.165, 1.54) is 0 Å². The lowest BCUT2D eigenvalue weighted by atomic mass is 10.2. The minimum atomic E-state index is -2.89. The zero-order valence-corrected chi connectivity index (χ0v) is 14.5. The Balaban J connectivity index is 5.25. The molecule has 0 amide bonds. The molecule has 0 rings (SSSR count). The van der Waals surface area contributed by atoms with E-state index in [1.54, 1.807) is 0 Å². The molecule has 0 fully saturated rings. The Morgan fingerprint density at radius 2 is 1.05 bits per heavy atom. The monoisotopic (exact) mass is 288 g/mol. The third-order valence-corrected chi connectivity index (χ3v) is 6.97. The normalized spacial score (nSPS) is 13.1. The number of carbonyl (C=O) groups excluding carboxylic acids is 2. The van der Waals surface area contributed by atoms with Crippen LogP contribution in [0, 0.1) is 0 Å². The van der Waals surface area contributed by atoms with Gasteiger partial charge in [0, 0.05) is 0 Å². The molecule has 0 saturated carbocycles. The second-order valence-electron chi connectivity index (χ2n) is 6.79. The molecule has 0 aliphatic carbocycles. The van der Waals surface area contributed by atoms with Crippen LogP contribution in [0.2, 0.25) is 12.1 Å². The van der Waals surface area contributed by atoms with Crippen molar-refractivity contribution in [1.82, 2.24) is 0 Å². The van der Waals surface area contributed by atoms with Gasteiger partial charge >= 0.3 is 8.07 Å². The molecular formula is C14H28O4Si. The summed E-state index contributed by atoms with van der Waals surface area (Å²) in [7, 11) is -2.89. The van der Waals surface area contributed by atoms with Crippen molar-refractivity contribution in [2.45, 2.75) is 78.7 Å². The Hall–Kier alpha value is -0.843. The van der Waals surface area contributed by atoms with Gasteiger partial charge in [0.2, 0.25) is 0 Å². The van der Waals surface area contributed by atoms with Gasteiger partial charge in [-0.15, -0.1) is 0 Å². The topological polar surface area (TPSA) is 52.6 Å². The quantitative estimate of drug-likeness (QED) is 0.714. The summed E-state index contributed by atoms with van der Waals surface area (Å²) in [5, 5.41) is 0. The van der Waals surface area contributed by atoms with Crippen molar-refractivity contribution in [2.24, 2.45) is 0 Å². The van der Waals surface area contributed by atoms with Gasteiger partial charge in [-0.2, -0.15) is 0 Å². The van der Waals surface area contributed by atoms with Crippen molar-refractivity contribution in [3.63, 3.8) is 0 Å². The number of ether oxygens (including phenoxy) is 2. The van der Waals surface area contributed by atoms with Gasteiger partial charge in [0.05, 0.1) is 0 Å². The summed E-state index contributed by atoms with van der Waals surface area (Å²) in [6, 6.07) is 1.01. The highest BCUT2D eigenvalue weighted by Gasteiger charge is 2.52. The lowest BCUT2D eigenvalue weighted by Gasteiger charge is -2.31. The predicted octanol–water partition coefficient (Wildman–Crippen LogP) is 4.51. The molecule has 0 aromatic rings. The number of hydrogen-bond donors (Lipinski definition) is 0. The Morgan fingerprint density at radius 1 is 0.789 bits per heavy atom. The van der Waals surface area contributed by atoms with Crippen molar-refractivity contribution >= 4 is 19.3 Å². The first kappa shape index (κ1) is 18.2. The van der Waals surface area contributed by atoms with E-state index in [1.807, 2.05) is 55.4 Å². The molecule has 0 aliphatic rings. The van der Waals surface area contributed by atoms with Gasteiger partial charge in [0.25, 0.3) is 11.2 Å². The summed E-state index contributed by atoms with van der Waals surface area (Å²) in [5.74, 6) is 0. The lowest BCUT2D eigenvalue weighted by Crippen LogP contribution is -2.55. The minimum Gasteiger partial charge on any atom is -0.464 e. The summed E-state index contributed by atoms with van der Waals surface area (Å²) in [5.41, 5.74) is -1.89. The molecule has 0 atom stereocenters. The molecule has 0 aromatic carbocycles. The molecular weight excluding hydrogens is 260 g/mol. The molecule has 5 heteroatoms. The van der Waals surface area contributed by atoms with Crippen molar-refractivity contribution in [1.29, 1.82) is 0 Å². The first-order valence-electron chi connectivity index (χ1n) is 6.85. The maximum absolute atomic E-state index is 12.4. The van der Waals surface area contributed by atoms with Crippen LogP contribution in [-0.2, 0) is 9.47 Å². The fourth-order valence-electron chi connectivity index (χ4n) is 1.66. The highest BCUT2D eigenvalue weighted by atomic mass is 28.3. The van der Waals surface area contributed by atoms with Crippen molar-refractivity contribution in [2.75, 3.05) is 0 Å². The lowest BCUT2D eigenvalue weighted by molar-refractivity contribution is 0.0626. The molecule has 0 aromatic heterocycles. The molecule has 0 N–H and O–H groups in total. The Bertz CT molecular complexity index is 302. The van der Waals surface area contributed by atoms with E-state index in [-0.39, 0.29) is 11.2 Å². The fourth-order valence-corrected chi connectivity index (χ4v) is 4.49. The Kier molecular flexibility index (Phi) is 5.80. The smallest absolute Gasteiger partial charge is 0.311 e. The van der Waals surface area contributed by atoms with Crippen molar-refractivity contribution in [3.05, 3.63) is 0 Å². The summed E-state index contributed by atoms with van der Waals surface area (Å²) in [6.45, 7) is 14.6. The number of hydrogen-bond acceptors (Lipinski definition) is 4. The molecule has 19 heavy (non-hydrogen) atoms. The van der Waals surface area contributed by atoms with Crippen LogP contribution >= 0.6 is 0 Å². The first-order valence-corrected chi connectivity index (χ1v) is 9.26. The highest BCUT2D eigenvalue weighted by Crippen LogP contribution is 2.26. The molecule has 0 saturated heterocycles. The molecule has 0 heterocycles. The molecule has 0 unspecified atom stereocenters. The van der Waals surface area contributed by atoms with Crippen molar-refractivity contribution in [3.8, 4) is 0 Å². The van der Waals surface area contributed by atoms with E-state index in [0.29, 0.717) is 12.1 Å². The summed E-state index contributed by atoms with van der Waals surface area (Å²) in [6.07, 6.45) is 0. The summed E-state index contributed by atoms with van der Waals surface area (Å²) >= 11 is 0. The van der Waals surface area contributed by atoms with Crippen LogP contribution in [0.15, 0.2) is 0 Å². The second kappa shape index (κ2) is 6.07. The third kappa shape index (κ3) is 5.34. The van der Waals surface area contributed by atoms with E-state index < -0.39 is 19.3 Å². The summed E-state index contributed by atoms with van der Waals surface area (Å²) < 4.78 is 10.9. The maximum Gasteiger partial charge on any atom is 0.311 e. The van der Waals surface area contributed by atoms with Gasteiger partial charge in [-0.1, -0.05) is 13.8 Å². The van der Waals surface area contributed by atoms with Crippen molar-refractivity contribution < 1.29 is 19.1 Å². The molecule has 4 nitrogen and oxygen atoms in total. The van der Waals surface area contributed by atoms with Gasteiger partial charge in [0.1, 0.15) is 11.2 Å². The predicted molar refractivity (Wildman–Crippen MR) is 79.2 cm³/mol. The van der Waals surface area contributed by atoms with Gasteiger partial charge in [0.15, 0.2) is 0 Å². The third-order valence-electron chi connectivity index (χ3n) is 2.79. The molecule has 0 spiro atoms. The Morgan fingerprint density at radius 3 is 1.21 bits per heavy atom. The largest absolute Gasteiger partial charge is 0.464 e. The van der Waals surface area contributed by atoms with Crippen LogP contribution in [-0.4, -0.2) is 30.5 Å². The minimum absolute atomic E-state index is 0.362. The van der Waals surface area contributed by atoms with Crippen LogP contribution in [0.4, 0.5) is 9.59 Å². The van der Waals surface area contributed by atoms with E-state index in [4.69, 9.17) is 9.47 Å². The van der Waals surface area contributed by atoms with Crippen LogP contribution in [0.5, 0.6) is 0 Å². The molecule has 0 aliphatic heterocycles. The van der Waals surface area contributed by atoms with E-state index >= 15 is 0 Å². The average molecular weight is 288 g/mol. The van der Waals surface area contributed by atoms with E-state index in [2.05, 4.69) is 0 Å². The Labute approximate surface area is 117 Å². The van der Waals surface area contributed by atoms with E-state index in [0.717, 1.165) is 0 Å².